The Bertz CT molecular complexity index is 450. The summed E-state index contributed by atoms with van der Waals surface area (Å²) < 4.78 is 0. The van der Waals surface area contributed by atoms with E-state index in [1.54, 1.807) is 25.4 Å². The van der Waals surface area contributed by atoms with Crippen molar-refractivity contribution in [2.24, 2.45) is 0 Å². The average molecular weight is 204 g/mol. The molecule has 0 N–H and O–H groups in total. The van der Waals surface area contributed by atoms with Crippen LogP contribution in [0.15, 0.2) is 29.9 Å². The monoisotopic (exact) mass is 204 g/mol. The molecule has 0 aromatic carbocycles. The van der Waals surface area contributed by atoms with Crippen LogP contribution in [0.25, 0.3) is 11.4 Å². The first-order valence-electron chi connectivity index (χ1n) is 4.15. The lowest BCUT2D eigenvalue weighted by molar-refractivity contribution is 0.102. The van der Waals surface area contributed by atoms with Crippen LogP contribution in [-0.2, 0) is 0 Å². The van der Waals surface area contributed by atoms with Gasteiger partial charge in [-0.2, -0.15) is 0 Å². The number of nitrogens with zero attached hydrogens (tertiary/aromatic N) is 2. The molecule has 0 unspecified atom stereocenters. The van der Waals surface area contributed by atoms with Crippen molar-refractivity contribution in [1.29, 1.82) is 0 Å². The summed E-state index contributed by atoms with van der Waals surface area (Å²) in [7, 11) is 0. The van der Waals surface area contributed by atoms with Crippen molar-refractivity contribution in [1.82, 2.24) is 9.97 Å². The fourth-order valence-electron chi connectivity index (χ4n) is 1.20. The molecule has 0 aliphatic rings. The van der Waals surface area contributed by atoms with E-state index in [0.29, 0.717) is 5.82 Å². The molecule has 0 spiro atoms. The molecular formula is C10H8N2OS. The molecule has 2 heterocycles. The maximum atomic E-state index is 11.3. The number of thiophene rings is 1. The lowest BCUT2D eigenvalue weighted by atomic mass is 10.2. The van der Waals surface area contributed by atoms with Crippen LogP contribution in [0.4, 0.5) is 0 Å². The Morgan fingerprint density at radius 3 is 2.71 bits per heavy atom. The minimum Gasteiger partial charge on any atom is -0.294 e. The van der Waals surface area contributed by atoms with E-state index in [-0.39, 0.29) is 5.78 Å². The Morgan fingerprint density at radius 1 is 1.36 bits per heavy atom. The smallest absolute Gasteiger partial charge is 0.170 e. The Hall–Kier alpha value is -1.55. The third kappa shape index (κ3) is 1.56. The van der Waals surface area contributed by atoms with Gasteiger partial charge in [0.15, 0.2) is 11.6 Å². The van der Waals surface area contributed by atoms with Gasteiger partial charge in [0, 0.05) is 18.0 Å². The Morgan fingerprint density at radius 2 is 2.07 bits per heavy atom. The first kappa shape index (κ1) is 9.02. The Kier molecular flexibility index (Phi) is 2.37. The molecular weight excluding hydrogens is 196 g/mol. The van der Waals surface area contributed by atoms with Crippen LogP contribution in [0.3, 0.4) is 0 Å². The molecule has 70 valence electrons. The van der Waals surface area contributed by atoms with Gasteiger partial charge in [-0.25, -0.2) is 9.97 Å². The van der Waals surface area contributed by atoms with Crippen molar-refractivity contribution >= 4 is 17.1 Å². The molecule has 4 heteroatoms. The highest BCUT2D eigenvalue weighted by atomic mass is 32.1. The number of hydrogen-bond donors (Lipinski definition) is 0. The molecule has 0 bridgehead atoms. The molecule has 0 atom stereocenters. The van der Waals surface area contributed by atoms with Gasteiger partial charge < -0.3 is 0 Å². The Balaban J connectivity index is 2.52. The number of carbonyl (C=O) groups is 1. The fraction of sp³-hybridized carbons (Fsp3) is 0.100. The van der Waals surface area contributed by atoms with E-state index < -0.39 is 0 Å². The molecule has 2 rings (SSSR count). The lowest BCUT2D eigenvalue weighted by Gasteiger charge is -1.97. The van der Waals surface area contributed by atoms with E-state index in [0.717, 1.165) is 10.4 Å². The van der Waals surface area contributed by atoms with Crippen molar-refractivity contribution < 1.29 is 4.79 Å². The van der Waals surface area contributed by atoms with E-state index in [2.05, 4.69) is 9.97 Å². The first-order valence-corrected chi connectivity index (χ1v) is 5.03. The molecule has 3 nitrogen and oxygen atoms in total. The molecule has 14 heavy (non-hydrogen) atoms. The van der Waals surface area contributed by atoms with E-state index in [9.17, 15) is 4.79 Å². The summed E-state index contributed by atoms with van der Waals surface area (Å²) in [5.41, 5.74) is 0.822. The summed E-state index contributed by atoms with van der Waals surface area (Å²) in [4.78, 5) is 20.2. The van der Waals surface area contributed by atoms with E-state index in [1.165, 1.54) is 11.3 Å². The lowest BCUT2D eigenvalue weighted by Crippen LogP contribution is -1.93. The first-order chi connectivity index (χ1) is 6.79. The fourth-order valence-corrected chi connectivity index (χ4v) is 1.99. The highest BCUT2D eigenvalue weighted by Crippen LogP contribution is 2.25. The summed E-state index contributed by atoms with van der Waals surface area (Å²) >= 11 is 1.42. The number of hydrogen-bond acceptors (Lipinski definition) is 4. The van der Waals surface area contributed by atoms with Crippen LogP contribution < -0.4 is 0 Å². The molecule has 0 amide bonds. The van der Waals surface area contributed by atoms with Gasteiger partial charge in [0.25, 0.3) is 0 Å². The van der Waals surface area contributed by atoms with Crippen molar-refractivity contribution in [3.8, 4) is 11.4 Å². The molecule has 0 fully saturated rings. The van der Waals surface area contributed by atoms with Crippen LogP contribution in [0, 0.1) is 0 Å². The zero-order valence-electron chi connectivity index (χ0n) is 7.60. The number of aromatic nitrogens is 2. The number of rotatable bonds is 2. The molecule has 2 aromatic rings. The molecule has 0 saturated heterocycles. The second kappa shape index (κ2) is 3.67. The zero-order valence-corrected chi connectivity index (χ0v) is 8.41. The average Bonchev–Trinajstić information content (AvgIpc) is 2.67. The molecule has 2 aromatic heterocycles. The highest BCUT2D eigenvalue weighted by Gasteiger charge is 2.11. The Labute approximate surface area is 85.5 Å². The topological polar surface area (TPSA) is 42.9 Å². The van der Waals surface area contributed by atoms with Crippen LogP contribution in [0.2, 0.25) is 0 Å². The van der Waals surface area contributed by atoms with Crippen LogP contribution in [0.5, 0.6) is 0 Å². The van der Waals surface area contributed by atoms with Crippen LogP contribution >= 0.6 is 11.3 Å². The molecule has 0 radical (unpaired) electrons. The van der Waals surface area contributed by atoms with Crippen molar-refractivity contribution in [3.63, 3.8) is 0 Å². The number of Topliss-reactive ketones (excluding diaryl/α,β-unsaturated/α-hetero) is 1. The minimum absolute atomic E-state index is 0.0578. The summed E-state index contributed by atoms with van der Waals surface area (Å²) in [6.07, 6.45) is 3.34. The third-order valence-electron chi connectivity index (χ3n) is 1.79. The van der Waals surface area contributed by atoms with Crippen molar-refractivity contribution in [2.45, 2.75) is 6.92 Å². The van der Waals surface area contributed by atoms with Gasteiger partial charge in [0.1, 0.15) is 0 Å². The van der Waals surface area contributed by atoms with E-state index in [4.69, 9.17) is 0 Å². The third-order valence-corrected chi connectivity index (χ3v) is 2.81. The predicted octanol–water partition coefficient (Wildman–Crippen LogP) is 2.41. The van der Waals surface area contributed by atoms with Crippen LogP contribution in [-0.4, -0.2) is 15.8 Å². The summed E-state index contributed by atoms with van der Waals surface area (Å²) in [6.45, 7) is 1.55. The molecule has 0 saturated carbocycles. The van der Waals surface area contributed by atoms with Gasteiger partial charge in [-0.3, -0.25) is 4.79 Å². The second-order valence-electron chi connectivity index (χ2n) is 2.79. The molecule has 0 aliphatic carbocycles. The maximum Gasteiger partial charge on any atom is 0.170 e. The zero-order chi connectivity index (χ0) is 9.97. The van der Waals surface area contributed by atoms with Crippen LogP contribution in [0.1, 0.15) is 16.6 Å². The predicted molar refractivity (Wildman–Crippen MR) is 55.3 cm³/mol. The van der Waals surface area contributed by atoms with Crippen molar-refractivity contribution in [2.75, 3.05) is 0 Å². The highest BCUT2D eigenvalue weighted by molar-refractivity contribution is 7.12. The van der Waals surface area contributed by atoms with Gasteiger partial charge in [-0.15, -0.1) is 11.3 Å². The summed E-state index contributed by atoms with van der Waals surface area (Å²) in [5, 5.41) is 1.88. The van der Waals surface area contributed by atoms with E-state index >= 15 is 0 Å². The quantitative estimate of drug-likeness (QED) is 0.705. The number of carbonyl (C=O) groups excluding carboxylic acids is 1. The molecule has 0 aliphatic heterocycles. The van der Waals surface area contributed by atoms with Crippen molar-refractivity contribution in [3.05, 3.63) is 34.8 Å². The van der Waals surface area contributed by atoms with Gasteiger partial charge in [-0.05, 0) is 24.4 Å². The van der Waals surface area contributed by atoms with Gasteiger partial charge >= 0.3 is 0 Å². The summed E-state index contributed by atoms with van der Waals surface area (Å²) in [6, 6.07) is 3.63. The normalized spacial score (nSPS) is 10.1. The van der Waals surface area contributed by atoms with Gasteiger partial charge in [0.2, 0.25) is 0 Å². The van der Waals surface area contributed by atoms with Gasteiger partial charge in [-0.1, -0.05) is 0 Å². The SMILES string of the molecule is CC(=O)c1sccc1-c1ncccn1. The maximum absolute atomic E-state index is 11.3. The largest absolute Gasteiger partial charge is 0.294 e. The standard InChI is InChI=1S/C10H8N2OS/c1-7(13)9-8(3-6-14-9)10-11-4-2-5-12-10/h2-6H,1H3. The number of ketones is 1. The summed E-state index contributed by atoms with van der Waals surface area (Å²) in [5.74, 6) is 0.668. The van der Waals surface area contributed by atoms with E-state index in [1.807, 2.05) is 11.4 Å². The second-order valence-corrected chi connectivity index (χ2v) is 3.71. The minimum atomic E-state index is 0.0578. The van der Waals surface area contributed by atoms with Gasteiger partial charge in [0.05, 0.1) is 4.88 Å².